The second-order valence-electron chi connectivity index (χ2n) is 7.39. The average molecular weight is 389 g/mol. The van der Waals surface area contributed by atoms with Crippen LogP contribution in [0, 0.1) is 5.92 Å². The molecule has 0 aliphatic carbocycles. The van der Waals surface area contributed by atoms with Crippen LogP contribution in [0.2, 0.25) is 0 Å². The number of likely N-dealkylation sites (tertiary alicyclic amines) is 1. The highest BCUT2D eigenvalue weighted by atomic mass is 16.2. The van der Waals surface area contributed by atoms with Crippen molar-refractivity contribution in [3.05, 3.63) is 72.1 Å². The number of benzene rings is 2. The smallest absolute Gasteiger partial charge is 0.277 e. The molecule has 2 heterocycles. The standard InChI is InChI=1S/C22H23N5O2/c1-16-11-13-26(14-12-16)22(29)17-7-9-18(10-8-17)23-21(28)20-15-27(25-24-20)19-5-3-2-4-6-19/h2-10,15-16H,11-14H2,1H3,(H,23,28). The van der Waals surface area contributed by atoms with Crippen molar-refractivity contribution >= 4 is 17.5 Å². The Bertz CT molecular complexity index is 990. The lowest BCUT2D eigenvalue weighted by Gasteiger charge is -2.30. The van der Waals surface area contributed by atoms with Gasteiger partial charge in [0.2, 0.25) is 0 Å². The Kier molecular flexibility index (Phi) is 5.37. The van der Waals surface area contributed by atoms with Gasteiger partial charge in [0, 0.05) is 24.3 Å². The first-order valence-electron chi connectivity index (χ1n) is 9.78. The summed E-state index contributed by atoms with van der Waals surface area (Å²) in [5, 5.41) is 10.7. The van der Waals surface area contributed by atoms with Gasteiger partial charge in [0.15, 0.2) is 5.69 Å². The Morgan fingerprint density at radius 3 is 2.38 bits per heavy atom. The van der Waals surface area contributed by atoms with Gasteiger partial charge in [0.05, 0.1) is 11.9 Å². The van der Waals surface area contributed by atoms with Crippen molar-refractivity contribution in [2.24, 2.45) is 5.92 Å². The zero-order valence-electron chi connectivity index (χ0n) is 16.3. The molecule has 1 aromatic heterocycles. The summed E-state index contributed by atoms with van der Waals surface area (Å²) in [7, 11) is 0. The second-order valence-corrected chi connectivity index (χ2v) is 7.39. The minimum atomic E-state index is -0.351. The van der Waals surface area contributed by atoms with E-state index in [-0.39, 0.29) is 17.5 Å². The first kappa shape index (κ1) is 18.9. The number of aromatic nitrogens is 3. The van der Waals surface area contributed by atoms with Gasteiger partial charge in [-0.2, -0.15) is 0 Å². The Morgan fingerprint density at radius 2 is 1.69 bits per heavy atom. The molecule has 2 amide bonds. The SMILES string of the molecule is CC1CCN(C(=O)c2ccc(NC(=O)c3cn(-c4ccccc4)nn3)cc2)CC1. The van der Waals surface area contributed by atoms with Crippen molar-refractivity contribution in [1.29, 1.82) is 0 Å². The van der Waals surface area contributed by atoms with E-state index >= 15 is 0 Å². The molecule has 1 aliphatic heterocycles. The lowest BCUT2D eigenvalue weighted by atomic mass is 9.98. The van der Waals surface area contributed by atoms with Crippen LogP contribution in [0.1, 0.15) is 40.6 Å². The molecule has 148 valence electrons. The number of carbonyl (C=O) groups excluding carboxylic acids is 2. The predicted octanol–water partition coefficient (Wildman–Crippen LogP) is 3.39. The van der Waals surface area contributed by atoms with E-state index in [9.17, 15) is 9.59 Å². The van der Waals surface area contributed by atoms with Crippen molar-refractivity contribution in [2.75, 3.05) is 18.4 Å². The van der Waals surface area contributed by atoms with E-state index in [2.05, 4.69) is 22.6 Å². The van der Waals surface area contributed by atoms with Gasteiger partial charge in [-0.05, 0) is 55.2 Å². The third-order valence-corrected chi connectivity index (χ3v) is 5.21. The van der Waals surface area contributed by atoms with E-state index in [1.165, 1.54) is 0 Å². The maximum atomic E-state index is 12.6. The minimum Gasteiger partial charge on any atom is -0.339 e. The first-order valence-corrected chi connectivity index (χ1v) is 9.78. The number of rotatable bonds is 4. The normalized spacial score (nSPS) is 14.6. The molecule has 1 fully saturated rings. The molecular formula is C22H23N5O2. The number of nitrogens with zero attached hydrogens (tertiary/aromatic N) is 4. The number of amides is 2. The molecule has 3 aromatic rings. The molecule has 7 heteroatoms. The number of hydrogen-bond donors (Lipinski definition) is 1. The van der Waals surface area contributed by atoms with Gasteiger partial charge in [0.25, 0.3) is 11.8 Å². The summed E-state index contributed by atoms with van der Waals surface area (Å²) in [6.45, 7) is 3.82. The fourth-order valence-electron chi connectivity index (χ4n) is 3.36. The molecule has 2 aromatic carbocycles. The largest absolute Gasteiger partial charge is 0.339 e. The van der Waals surface area contributed by atoms with Crippen LogP contribution in [0.15, 0.2) is 60.8 Å². The van der Waals surface area contributed by atoms with Crippen LogP contribution in [0.3, 0.4) is 0 Å². The molecule has 0 atom stereocenters. The fraction of sp³-hybridized carbons (Fsp3) is 0.273. The van der Waals surface area contributed by atoms with Gasteiger partial charge in [-0.25, -0.2) is 4.68 Å². The number of carbonyl (C=O) groups is 2. The Balaban J connectivity index is 1.39. The van der Waals surface area contributed by atoms with Crippen molar-refractivity contribution in [1.82, 2.24) is 19.9 Å². The van der Waals surface area contributed by atoms with E-state index < -0.39 is 0 Å². The number of anilines is 1. The summed E-state index contributed by atoms with van der Waals surface area (Å²) in [4.78, 5) is 27.0. The van der Waals surface area contributed by atoms with Crippen LogP contribution in [-0.2, 0) is 0 Å². The topological polar surface area (TPSA) is 80.1 Å². The summed E-state index contributed by atoms with van der Waals surface area (Å²) >= 11 is 0. The molecule has 0 bridgehead atoms. The van der Waals surface area contributed by atoms with Gasteiger partial charge < -0.3 is 10.2 Å². The molecule has 1 aliphatic rings. The zero-order valence-corrected chi connectivity index (χ0v) is 16.3. The molecule has 7 nitrogen and oxygen atoms in total. The van der Waals surface area contributed by atoms with E-state index in [1.807, 2.05) is 35.2 Å². The highest BCUT2D eigenvalue weighted by molar-refractivity contribution is 6.03. The van der Waals surface area contributed by atoms with E-state index in [0.717, 1.165) is 31.6 Å². The maximum Gasteiger partial charge on any atom is 0.277 e. The summed E-state index contributed by atoms with van der Waals surface area (Å²) in [6.07, 6.45) is 3.67. The molecule has 4 rings (SSSR count). The molecule has 0 spiro atoms. The first-order chi connectivity index (χ1) is 14.1. The van der Waals surface area contributed by atoms with Gasteiger partial charge in [0.1, 0.15) is 0 Å². The van der Waals surface area contributed by atoms with Gasteiger partial charge in [-0.15, -0.1) is 5.10 Å². The Morgan fingerprint density at radius 1 is 1.00 bits per heavy atom. The molecular weight excluding hydrogens is 366 g/mol. The van der Waals surface area contributed by atoms with Crippen molar-refractivity contribution in [2.45, 2.75) is 19.8 Å². The number of nitrogens with one attached hydrogen (secondary N) is 1. The summed E-state index contributed by atoms with van der Waals surface area (Å²) < 4.78 is 1.55. The van der Waals surface area contributed by atoms with Crippen molar-refractivity contribution in [3.8, 4) is 5.69 Å². The number of piperidine rings is 1. The van der Waals surface area contributed by atoms with E-state index in [1.54, 1.807) is 35.1 Å². The fourth-order valence-corrected chi connectivity index (χ4v) is 3.36. The summed E-state index contributed by atoms with van der Waals surface area (Å²) in [5.41, 5.74) is 2.28. The third kappa shape index (κ3) is 4.34. The van der Waals surface area contributed by atoms with E-state index in [4.69, 9.17) is 0 Å². The quantitative estimate of drug-likeness (QED) is 0.742. The predicted molar refractivity (Wildman–Crippen MR) is 110 cm³/mol. The molecule has 0 unspecified atom stereocenters. The van der Waals surface area contributed by atoms with E-state index in [0.29, 0.717) is 17.2 Å². The number of para-hydroxylation sites is 1. The van der Waals surface area contributed by atoms with Crippen molar-refractivity contribution in [3.63, 3.8) is 0 Å². The minimum absolute atomic E-state index is 0.0422. The molecule has 0 radical (unpaired) electrons. The molecule has 0 saturated carbocycles. The lowest BCUT2D eigenvalue weighted by molar-refractivity contribution is 0.0697. The van der Waals surface area contributed by atoms with Gasteiger partial charge in [-0.3, -0.25) is 9.59 Å². The molecule has 1 N–H and O–H groups in total. The van der Waals surface area contributed by atoms with Gasteiger partial charge >= 0.3 is 0 Å². The Labute approximate surface area is 169 Å². The molecule has 1 saturated heterocycles. The summed E-state index contributed by atoms with van der Waals surface area (Å²) in [6, 6.07) is 16.4. The monoisotopic (exact) mass is 389 g/mol. The summed E-state index contributed by atoms with van der Waals surface area (Å²) in [5.74, 6) is 0.369. The highest BCUT2D eigenvalue weighted by Gasteiger charge is 2.21. The molecule has 29 heavy (non-hydrogen) atoms. The van der Waals surface area contributed by atoms with Crippen LogP contribution >= 0.6 is 0 Å². The maximum absolute atomic E-state index is 12.6. The van der Waals surface area contributed by atoms with Crippen molar-refractivity contribution < 1.29 is 9.59 Å². The van der Waals surface area contributed by atoms with Crippen LogP contribution in [-0.4, -0.2) is 44.8 Å². The van der Waals surface area contributed by atoms with Crippen LogP contribution in [0.5, 0.6) is 0 Å². The number of hydrogen-bond acceptors (Lipinski definition) is 4. The Hall–Kier alpha value is -3.48. The highest BCUT2D eigenvalue weighted by Crippen LogP contribution is 2.19. The average Bonchev–Trinajstić information content (AvgIpc) is 3.26. The zero-order chi connectivity index (χ0) is 20.2. The lowest BCUT2D eigenvalue weighted by Crippen LogP contribution is -2.37. The van der Waals surface area contributed by atoms with Crippen LogP contribution < -0.4 is 5.32 Å². The van der Waals surface area contributed by atoms with Crippen LogP contribution in [0.25, 0.3) is 5.69 Å². The third-order valence-electron chi connectivity index (χ3n) is 5.21. The second kappa shape index (κ2) is 8.26. The van der Waals surface area contributed by atoms with Crippen LogP contribution in [0.4, 0.5) is 5.69 Å². The van der Waals surface area contributed by atoms with Gasteiger partial charge in [-0.1, -0.05) is 30.3 Å².